The Hall–Kier alpha value is -0.680. The van der Waals surface area contributed by atoms with Crippen molar-refractivity contribution in [2.75, 3.05) is 6.54 Å². The molecule has 4 nitrogen and oxygen atoms in total. The lowest BCUT2D eigenvalue weighted by molar-refractivity contribution is 0.613. The molecule has 0 aromatic heterocycles. The fraction of sp³-hybridized carbons (Fsp3) is 0.400. The maximum atomic E-state index is 11.0. The van der Waals surface area contributed by atoms with Crippen LogP contribution in [0.3, 0.4) is 0 Å². The van der Waals surface area contributed by atoms with Gasteiger partial charge in [-0.3, -0.25) is 0 Å². The third kappa shape index (κ3) is 0.871. The van der Waals surface area contributed by atoms with Crippen molar-refractivity contribution in [2.24, 2.45) is 10.7 Å². The molecule has 0 bridgehead atoms. The molecule has 0 unspecified atom stereocenters. The van der Waals surface area contributed by atoms with Gasteiger partial charge in [-0.05, 0) is 6.92 Å². The minimum atomic E-state index is -3.23. The number of nitrogens with two attached hydrogens (primary N) is 1. The standard InChI is InChI=1S/C5H8N2O2S/c1-4-3-7-5(2-6)10(4,8)9/h3H,2,6H2,1H3. The molecule has 1 aliphatic heterocycles. The van der Waals surface area contributed by atoms with Gasteiger partial charge in [0.2, 0.25) is 9.84 Å². The van der Waals surface area contributed by atoms with E-state index in [1.807, 2.05) is 0 Å². The zero-order chi connectivity index (χ0) is 7.78. The van der Waals surface area contributed by atoms with E-state index in [0.717, 1.165) is 0 Å². The summed E-state index contributed by atoms with van der Waals surface area (Å²) in [5.41, 5.74) is 5.13. The molecule has 56 valence electrons. The molecular weight excluding hydrogens is 152 g/mol. The van der Waals surface area contributed by atoms with Crippen LogP contribution in [-0.4, -0.2) is 20.0 Å². The highest BCUT2D eigenvalue weighted by Gasteiger charge is 2.24. The van der Waals surface area contributed by atoms with Crippen LogP contribution in [-0.2, 0) is 9.84 Å². The van der Waals surface area contributed by atoms with E-state index in [1.165, 1.54) is 13.1 Å². The van der Waals surface area contributed by atoms with Gasteiger partial charge in [-0.2, -0.15) is 0 Å². The minimum absolute atomic E-state index is 0.0177. The van der Waals surface area contributed by atoms with Crippen molar-refractivity contribution in [2.45, 2.75) is 6.92 Å². The van der Waals surface area contributed by atoms with E-state index in [-0.39, 0.29) is 16.5 Å². The molecule has 0 aliphatic carbocycles. The smallest absolute Gasteiger partial charge is 0.218 e. The van der Waals surface area contributed by atoms with Crippen molar-refractivity contribution in [3.63, 3.8) is 0 Å². The fourth-order valence-electron chi connectivity index (χ4n) is 0.650. The number of aliphatic imine (C=N–C) groups is 1. The summed E-state index contributed by atoms with van der Waals surface area (Å²) < 4.78 is 22.1. The summed E-state index contributed by atoms with van der Waals surface area (Å²) in [7, 11) is -3.23. The zero-order valence-electron chi connectivity index (χ0n) is 5.53. The van der Waals surface area contributed by atoms with Crippen LogP contribution < -0.4 is 5.73 Å². The first kappa shape index (κ1) is 7.43. The number of sulfone groups is 1. The molecule has 0 aromatic carbocycles. The van der Waals surface area contributed by atoms with E-state index in [2.05, 4.69) is 4.99 Å². The van der Waals surface area contributed by atoms with E-state index < -0.39 is 9.84 Å². The average Bonchev–Trinajstić information content (AvgIpc) is 2.10. The molecule has 1 heterocycles. The summed E-state index contributed by atoms with van der Waals surface area (Å²) in [5.74, 6) is 0. The molecule has 0 atom stereocenters. The topological polar surface area (TPSA) is 72.5 Å². The summed E-state index contributed by atoms with van der Waals surface area (Å²) in [6.45, 7) is 1.48. The monoisotopic (exact) mass is 160 g/mol. The molecular formula is C5H8N2O2S. The second kappa shape index (κ2) is 2.17. The maximum Gasteiger partial charge on any atom is 0.218 e. The van der Waals surface area contributed by atoms with Gasteiger partial charge < -0.3 is 5.73 Å². The van der Waals surface area contributed by atoms with Crippen LogP contribution in [0, 0.1) is 0 Å². The van der Waals surface area contributed by atoms with Crippen LogP contribution in [0.2, 0.25) is 0 Å². The highest BCUT2D eigenvalue weighted by Crippen LogP contribution is 2.14. The van der Waals surface area contributed by atoms with Gasteiger partial charge in [0.15, 0.2) is 0 Å². The molecule has 0 aromatic rings. The maximum absolute atomic E-state index is 11.0. The number of allylic oxidation sites excluding steroid dienone is 1. The van der Waals surface area contributed by atoms with E-state index in [4.69, 9.17) is 5.73 Å². The summed E-state index contributed by atoms with van der Waals surface area (Å²) in [6, 6.07) is 0. The zero-order valence-corrected chi connectivity index (χ0v) is 6.35. The van der Waals surface area contributed by atoms with Gasteiger partial charge in [-0.15, -0.1) is 0 Å². The lowest BCUT2D eigenvalue weighted by atomic mass is 10.7. The molecule has 0 saturated heterocycles. The van der Waals surface area contributed by atoms with Crippen LogP contribution in [0.5, 0.6) is 0 Å². The van der Waals surface area contributed by atoms with Crippen LogP contribution >= 0.6 is 0 Å². The van der Waals surface area contributed by atoms with Gasteiger partial charge in [0.25, 0.3) is 0 Å². The largest absolute Gasteiger partial charge is 0.325 e. The fourth-order valence-corrected chi connectivity index (χ4v) is 1.62. The Labute approximate surface area is 59.4 Å². The number of hydrogen-bond acceptors (Lipinski definition) is 4. The molecule has 0 amide bonds. The number of hydrogen-bond donors (Lipinski definition) is 1. The lowest BCUT2D eigenvalue weighted by Crippen LogP contribution is -2.21. The normalized spacial score (nSPS) is 22.2. The van der Waals surface area contributed by atoms with Crippen molar-refractivity contribution in [1.29, 1.82) is 0 Å². The molecule has 0 saturated carbocycles. The number of nitrogens with zero attached hydrogens (tertiary/aromatic N) is 1. The Morgan fingerprint density at radius 3 is 2.50 bits per heavy atom. The van der Waals surface area contributed by atoms with Crippen molar-refractivity contribution in [1.82, 2.24) is 0 Å². The van der Waals surface area contributed by atoms with Crippen molar-refractivity contribution < 1.29 is 8.42 Å². The lowest BCUT2D eigenvalue weighted by Gasteiger charge is -1.95. The molecule has 1 rings (SSSR count). The van der Waals surface area contributed by atoms with Gasteiger partial charge in [0.05, 0.1) is 4.91 Å². The summed E-state index contributed by atoms with van der Waals surface area (Å²) >= 11 is 0. The highest BCUT2D eigenvalue weighted by atomic mass is 32.2. The van der Waals surface area contributed by atoms with E-state index in [9.17, 15) is 8.42 Å². The van der Waals surface area contributed by atoms with E-state index >= 15 is 0 Å². The Balaban J connectivity index is 3.14. The number of rotatable bonds is 1. The second-order valence-electron chi connectivity index (χ2n) is 1.97. The first-order chi connectivity index (χ1) is 4.59. The SMILES string of the molecule is CC1=CN=C(CN)S1(=O)=O. The molecule has 1 aliphatic rings. The molecule has 0 fully saturated rings. The molecule has 0 spiro atoms. The Morgan fingerprint density at radius 2 is 2.30 bits per heavy atom. The van der Waals surface area contributed by atoms with Gasteiger partial charge >= 0.3 is 0 Å². The predicted octanol–water partition coefficient (Wildman–Crippen LogP) is -0.367. The Bertz CT molecular complexity index is 300. The van der Waals surface area contributed by atoms with E-state index in [0.29, 0.717) is 0 Å². The van der Waals surface area contributed by atoms with Gasteiger partial charge in [0.1, 0.15) is 5.04 Å². The van der Waals surface area contributed by atoms with Crippen LogP contribution in [0.1, 0.15) is 6.92 Å². The van der Waals surface area contributed by atoms with Gasteiger partial charge in [-0.25, -0.2) is 13.4 Å². The molecule has 10 heavy (non-hydrogen) atoms. The van der Waals surface area contributed by atoms with E-state index in [1.54, 1.807) is 0 Å². The average molecular weight is 160 g/mol. The minimum Gasteiger partial charge on any atom is -0.325 e. The Morgan fingerprint density at radius 1 is 1.70 bits per heavy atom. The van der Waals surface area contributed by atoms with Crippen molar-refractivity contribution in [3.05, 3.63) is 11.1 Å². The molecule has 0 radical (unpaired) electrons. The first-order valence-corrected chi connectivity index (χ1v) is 4.26. The molecule has 2 N–H and O–H groups in total. The summed E-state index contributed by atoms with van der Waals surface area (Å²) in [4.78, 5) is 3.90. The third-order valence-corrected chi connectivity index (χ3v) is 3.14. The third-order valence-electron chi connectivity index (χ3n) is 1.30. The van der Waals surface area contributed by atoms with Crippen molar-refractivity contribution >= 4 is 14.9 Å². The van der Waals surface area contributed by atoms with Crippen LogP contribution in [0.15, 0.2) is 16.1 Å². The quantitative estimate of drug-likeness (QED) is 0.569. The van der Waals surface area contributed by atoms with Crippen LogP contribution in [0.25, 0.3) is 0 Å². The van der Waals surface area contributed by atoms with Gasteiger partial charge in [-0.1, -0.05) is 0 Å². The summed E-state index contributed by atoms with van der Waals surface area (Å²) in [6.07, 6.45) is 1.32. The van der Waals surface area contributed by atoms with Crippen molar-refractivity contribution in [3.8, 4) is 0 Å². The van der Waals surface area contributed by atoms with Crippen LogP contribution in [0.4, 0.5) is 0 Å². The molecule has 5 heteroatoms. The summed E-state index contributed by atoms with van der Waals surface area (Å²) in [5, 5.41) is 0.0602. The second-order valence-corrected chi connectivity index (χ2v) is 4.09. The predicted molar refractivity (Wildman–Crippen MR) is 39.2 cm³/mol. The first-order valence-electron chi connectivity index (χ1n) is 2.77. The highest BCUT2D eigenvalue weighted by molar-refractivity contribution is 8.10. The Kier molecular flexibility index (Phi) is 1.61. The van der Waals surface area contributed by atoms with Gasteiger partial charge in [0, 0.05) is 12.7 Å².